The standard InChI is InChI=1S/C19H12ClNO5S/c20-12-5-1-11(2-6-12)18-17-15(22)9-14(16(17)19(23)21-18)10-3-7-13(8-4-10)27(24,25)26/h1-8H,9H2,(H,21,23)(H,24,25,26). The van der Waals surface area contributed by atoms with Crippen molar-refractivity contribution in [2.24, 2.45) is 0 Å². The lowest BCUT2D eigenvalue weighted by Gasteiger charge is -2.06. The van der Waals surface area contributed by atoms with E-state index in [9.17, 15) is 18.0 Å². The molecule has 8 heteroatoms. The molecule has 2 aromatic carbocycles. The van der Waals surface area contributed by atoms with Crippen LogP contribution in [0.5, 0.6) is 0 Å². The number of hydrogen-bond acceptors (Lipinski definition) is 4. The van der Waals surface area contributed by atoms with E-state index < -0.39 is 10.1 Å². The van der Waals surface area contributed by atoms with Crippen LogP contribution in [-0.4, -0.2) is 24.7 Å². The van der Waals surface area contributed by atoms with E-state index in [-0.39, 0.29) is 23.0 Å². The Morgan fingerprint density at radius 2 is 1.48 bits per heavy atom. The van der Waals surface area contributed by atoms with Gasteiger partial charge in [0.15, 0.2) is 5.78 Å². The number of rotatable bonds is 3. The number of carbonyl (C=O) groups is 2. The number of benzene rings is 2. The summed E-state index contributed by atoms with van der Waals surface area (Å²) in [6.45, 7) is 0. The number of halogens is 1. The van der Waals surface area contributed by atoms with Gasteiger partial charge in [-0.1, -0.05) is 35.9 Å². The Hall–Kier alpha value is -2.74. The highest BCUT2D eigenvalue weighted by Crippen LogP contribution is 2.42. The van der Waals surface area contributed by atoms with Gasteiger partial charge in [0.05, 0.1) is 21.7 Å². The Labute approximate surface area is 159 Å². The summed E-state index contributed by atoms with van der Waals surface area (Å²) in [5, 5.41) is 3.28. The fourth-order valence-corrected chi connectivity index (χ4v) is 3.89. The molecule has 0 aromatic heterocycles. The molecule has 1 aliphatic heterocycles. The molecule has 0 radical (unpaired) electrons. The van der Waals surface area contributed by atoms with Gasteiger partial charge in [0, 0.05) is 11.4 Å². The molecule has 6 nitrogen and oxygen atoms in total. The number of ketones is 1. The second kappa shape index (κ2) is 6.16. The number of carbonyl (C=O) groups excluding carboxylic acids is 2. The Bertz CT molecular complexity index is 1160. The maximum atomic E-state index is 12.6. The number of Topliss-reactive ketones (excluding diaryl/α,β-unsaturated/α-hetero) is 1. The molecule has 0 spiro atoms. The van der Waals surface area contributed by atoms with E-state index in [0.717, 1.165) is 0 Å². The molecule has 2 aromatic rings. The smallest absolute Gasteiger partial charge is 0.294 e. The number of allylic oxidation sites excluding steroid dienone is 1. The minimum absolute atomic E-state index is 0.0421. The zero-order valence-electron chi connectivity index (χ0n) is 13.7. The first kappa shape index (κ1) is 17.7. The van der Waals surface area contributed by atoms with Crippen molar-refractivity contribution in [1.29, 1.82) is 0 Å². The molecule has 0 saturated heterocycles. The molecule has 0 bridgehead atoms. The SMILES string of the molecule is O=C1CC(c2ccc(S(=O)(=O)O)cc2)=C2C(=O)NC(c3ccc(Cl)cc3)=C12. The molecule has 1 heterocycles. The lowest BCUT2D eigenvalue weighted by Crippen LogP contribution is -2.16. The predicted octanol–water partition coefficient (Wildman–Crippen LogP) is 2.85. The molecular weight excluding hydrogens is 390 g/mol. The molecule has 0 atom stereocenters. The first-order valence-corrected chi connectivity index (χ1v) is 9.74. The monoisotopic (exact) mass is 401 g/mol. The average Bonchev–Trinajstić information content (AvgIpc) is 3.14. The van der Waals surface area contributed by atoms with E-state index >= 15 is 0 Å². The van der Waals surface area contributed by atoms with Crippen LogP contribution >= 0.6 is 11.6 Å². The van der Waals surface area contributed by atoms with Crippen LogP contribution in [0.2, 0.25) is 5.02 Å². The molecule has 0 unspecified atom stereocenters. The Balaban J connectivity index is 1.84. The van der Waals surface area contributed by atoms with Gasteiger partial charge in [-0.05, 0) is 41.0 Å². The molecule has 4 rings (SSSR count). The van der Waals surface area contributed by atoms with Crippen molar-refractivity contribution in [3.63, 3.8) is 0 Å². The Morgan fingerprint density at radius 1 is 0.889 bits per heavy atom. The largest absolute Gasteiger partial charge is 0.321 e. The summed E-state index contributed by atoms with van der Waals surface area (Å²) in [5.41, 5.74) is 2.82. The van der Waals surface area contributed by atoms with E-state index in [1.165, 1.54) is 24.3 Å². The zero-order chi connectivity index (χ0) is 19.3. The molecule has 136 valence electrons. The molecular formula is C19H12ClNO5S. The average molecular weight is 402 g/mol. The third-order valence-electron chi connectivity index (χ3n) is 4.52. The minimum atomic E-state index is -4.31. The summed E-state index contributed by atoms with van der Waals surface area (Å²) in [6.07, 6.45) is 0.0421. The van der Waals surface area contributed by atoms with Crippen molar-refractivity contribution in [2.75, 3.05) is 0 Å². The van der Waals surface area contributed by atoms with Crippen LogP contribution in [-0.2, 0) is 19.7 Å². The van der Waals surface area contributed by atoms with Crippen molar-refractivity contribution in [3.8, 4) is 0 Å². The van der Waals surface area contributed by atoms with Crippen molar-refractivity contribution in [3.05, 3.63) is 75.8 Å². The van der Waals surface area contributed by atoms with Crippen molar-refractivity contribution in [1.82, 2.24) is 5.32 Å². The molecule has 0 saturated carbocycles. The van der Waals surface area contributed by atoms with Crippen molar-refractivity contribution in [2.45, 2.75) is 11.3 Å². The van der Waals surface area contributed by atoms with Gasteiger partial charge < -0.3 is 5.32 Å². The molecule has 1 amide bonds. The number of nitrogens with one attached hydrogen (secondary N) is 1. The predicted molar refractivity (Wildman–Crippen MR) is 99.3 cm³/mol. The first-order valence-electron chi connectivity index (χ1n) is 7.92. The lowest BCUT2D eigenvalue weighted by molar-refractivity contribution is -0.116. The topological polar surface area (TPSA) is 101 Å². The summed E-state index contributed by atoms with van der Waals surface area (Å²) in [5.74, 6) is -0.572. The van der Waals surface area contributed by atoms with Gasteiger partial charge in [0.2, 0.25) is 0 Å². The van der Waals surface area contributed by atoms with E-state index in [1.807, 2.05) is 0 Å². The Morgan fingerprint density at radius 3 is 2.07 bits per heavy atom. The van der Waals surface area contributed by atoms with Gasteiger partial charge in [0.1, 0.15) is 0 Å². The van der Waals surface area contributed by atoms with Crippen LogP contribution < -0.4 is 5.32 Å². The van der Waals surface area contributed by atoms with Crippen LogP contribution in [0.3, 0.4) is 0 Å². The van der Waals surface area contributed by atoms with Crippen LogP contribution in [0.1, 0.15) is 17.5 Å². The van der Waals surface area contributed by atoms with Gasteiger partial charge in [-0.25, -0.2) is 0 Å². The molecule has 2 N–H and O–H groups in total. The van der Waals surface area contributed by atoms with E-state index in [4.69, 9.17) is 16.2 Å². The maximum absolute atomic E-state index is 12.6. The molecule has 0 fully saturated rings. The highest BCUT2D eigenvalue weighted by Gasteiger charge is 2.40. The second-order valence-electron chi connectivity index (χ2n) is 6.16. The summed E-state index contributed by atoms with van der Waals surface area (Å²) >= 11 is 5.89. The zero-order valence-corrected chi connectivity index (χ0v) is 15.3. The van der Waals surface area contributed by atoms with Gasteiger partial charge in [-0.15, -0.1) is 0 Å². The van der Waals surface area contributed by atoms with Crippen LogP contribution in [0.25, 0.3) is 11.3 Å². The minimum Gasteiger partial charge on any atom is -0.321 e. The van der Waals surface area contributed by atoms with Gasteiger partial charge >= 0.3 is 0 Å². The third kappa shape index (κ3) is 2.99. The molecule has 27 heavy (non-hydrogen) atoms. The Kier molecular flexibility index (Phi) is 4.03. The number of fused-ring (bicyclic) bond motifs is 1. The van der Waals surface area contributed by atoms with Gasteiger partial charge in [-0.2, -0.15) is 8.42 Å². The fraction of sp³-hybridized carbons (Fsp3) is 0.0526. The van der Waals surface area contributed by atoms with E-state index in [2.05, 4.69) is 5.32 Å². The molecule has 2 aliphatic rings. The molecule has 1 aliphatic carbocycles. The highest BCUT2D eigenvalue weighted by atomic mass is 35.5. The van der Waals surface area contributed by atoms with E-state index in [0.29, 0.717) is 38.6 Å². The first-order chi connectivity index (χ1) is 12.8. The maximum Gasteiger partial charge on any atom is 0.294 e. The summed E-state index contributed by atoms with van der Waals surface area (Å²) in [6, 6.07) is 12.2. The highest BCUT2D eigenvalue weighted by molar-refractivity contribution is 7.85. The number of hydrogen-bond donors (Lipinski definition) is 2. The van der Waals surface area contributed by atoms with Gasteiger partial charge in [-0.3, -0.25) is 14.1 Å². The van der Waals surface area contributed by atoms with Crippen LogP contribution in [0.15, 0.2) is 64.6 Å². The van der Waals surface area contributed by atoms with Crippen molar-refractivity contribution < 1.29 is 22.6 Å². The number of amides is 1. The summed E-state index contributed by atoms with van der Waals surface area (Å²) in [7, 11) is -4.31. The normalized spacial score (nSPS) is 16.8. The van der Waals surface area contributed by atoms with Crippen molar-refractivity contribution >= 4 is 44.7 Å². The summed E-state index contributed by atoms with van der Waals surface area (Å²) in [4.78, 5) is 24.9. The fourth-order valence-electron chi connectivity index (χ4n) is 3.29. The lowest BCUT2D eigenvalue weighted by atomic mass is 10.0. The third-order valence-corrected chi connectivity index (χ3v) is 5.64. The van der Waals surface area contributed by atoms with Gasteiger partial charge in [0.25, 0.3) is 16.0 Å². The second-order valence-corrected chi connectivity index (χ2v) is 8.02. The van der Waals surface area contributed by atoms with E-state index in [1.54, 1.807) is 24.3 Å². The quantitative estimate of drug-likeness (QED) is 0.770. The summed E-state index contributed by atoms with van der Waals surface area (Å²) < 4.78 is 31.5. The van der Waals surface area contributed by atoms with Crippen LogP contribution in [0.4, 0.5) is 0 Å². The van der Waals surface area contributed by atoms with Crippen LogP contribution in [0, 0.1) is 0 Å².